The zero-order chi connectivity index (χ0) is 38.6. The summed E-state index contributed by atoms with van der Waals surface area (Å²) in [5, 5.41) is 24.5. The average molecular weight is 772 g/mol. The van der Waals surface area contributed by atoms with Crippen LogP contribution in [-0.4, -0.2) is 103 Å². The van der Waals surface area contributed by atoms with Crippen molar-refractivity contribution in [2.45, 2.75) is 82.1 Å². The van der Waals surface area contributed by atoms with Crippen LogP contribution in [0.25, 0.3) is 0 Å². The molecular formula is C44H57N3O9. The Morgan fingerprint density at radius 1 is 1.04 bits per heavy atom. The van der Waals surface area contributed by atoms with Gasteiger partial charge in [-0.25, -0.2) is 0 Å². The third kappa shape index (κ3) is 7.90. The van der Waals surface area contributed by atoms with Crippen LogP contribution in [0.5, 0.6) is 23.0 Å². The van der Waals surface area contributed by atoms with Gasteiger partial charge in [-0.3, -0.25) is 9.69 Å². The van der Waals surface area contributed by atoms with Crippen LogP contribution in [0.2, 0.25) is 0 Å². The standard InChI is InChI=1S/C44H57N3O9/c1-3-21-55-44-40(47(43(50)30-11-12-30)27-29-10-14-38-39(23-29)54-28-53-38)26-36(45-51-2)34-24-31(8-4-6-19-48)33(9-5-7-20-49)41(42(34)44)35-25-32(13-15-37(35)56-44)52-22-18-46-16-17-46/h3,10,13-15,23-25,30-31,33,40-42,48-49H,1,4-9,11-12,16-22,26-28H2,2H3/t31-,33+,40-,41+,42+,44+/m0/s1. The van der Waals surface area contributed by atoms with Crippen LogP contribution in [0.15, 0.2) is 65.9 Å². The van der Waals surface area contributed by atoms with Gasteiger partial charge in [0, 0.05) is 63.2 Å². The maximum absolute atomic E-state index is 14.7. The lowest BCUT2D eigenvalue weighted by molar-refractivity contribution is -0.258. The highest BCUT2D eigenvalue weighted by Crippen LogP contribution is 2.62. The third-order valence-corrected chi connectivity index (χ3v) is 12.4. The number of carbonyl (C=O) groups is 1. The molecule has 2 N–H and O–H groups in total. The van der Waals surface area contributed by atoms with Crippen molar-refractivity contribution in [3.8, 4) is 23.0 Å². The number of rotatable bonds is 20. The zero-order valence-electron chi connectivity index (χ0n) is 32.6. The highest BCUT2D eigenvalue weighted by atomic mass is 16.7. The monoisotopic (exact) mass is 771 g/mol. The minimum atomic E-state index is -1.31. The van der Waals surface area contributed by atoms with Crippen LogP contribution in [-0.2, 0) is 20.9 Å². The molecule has 3 aliphatic heterocycles. The van der Waals surface area contributed by atoms with Crippen LogP contribution >= 0.6 is 0 Å². The van der Waals surface area contributed by atoms with Crippen molar-refractivity contribution >= 4 is 11.6 Å². The molecule has 1 amide bonds. The molecule has 2 aromatic carbocycles. The molecule has 0 radical (unpaired) electrons. The number of hydrogen-bond acceptors (Lipinski definition) is 11. The summed E-state index contributed by atoms with van der Waals surface area (Å²) in [6.45, 7) is 8.72. The predicted molar refractivity (Wildman–Crippen MR) is 210 cm³/mol. The number of unbranched alkanes of at least 4 members (excludes halogenated alkanes) is 2. The molecule has 12 nitrogen and oxygen atoms in total. The second-order valence-electron chi connectivity index (χ2n) is 16.1. The lowest BCUT2D eigenvalue weighted by Crippen LogP contribution is -2.70. The lowest BCUT2D eigenvalue weighted by Gasteiger charge is -2.60. The van der Waals surface area contributed by atoms with E-state index in [9.17, 15) is 15.0 Å². The minimum Gasteiger partial charge on any atom is -0.492 e. The van der Waals surface area contributed by atoms with Gasteiger partial charge >= 0.3 is 0 Å². The van der Waals surface area contributed by atoms with E-state index in [1.54, 1.807) is 13.2 Å². The fraction of sp³-hybridized carbons (Fsp3) is 0.591. The summed E-state index contributed by atoms with van der Waals surface area (Å²) in [4.78, 5) is 24.6. The van der Waals surface area contributed by atoms with Gasteiger partial charge in [0.15, 0.2) is 11.5 Å². The Balaban J connectivity index is 1.29. The van der Waals surface area contributed by atoms with E-state index in [0.717, 1.165) is 98.5 Å². The van der Waals surface area contributed by atoms with Gasteiger partial charge in [0.1, 0.15) is 31.3 Å². The van der Waals surface area contributed by atoms with Crippen molar-refractivity contribution in [2.75, 3.05) is 60.0 Å². The van der Waals surface area contributed by atoms with Crippen molar-refractivity contribution in [3.63, 3.8) is 0 Å². The Bertz CT molecular complexity index is 1790. The fourth-order valence-corrected chi connectivity index (χ4v) is 9.58. The molecule has 2 saturated carbocycles. The molecule has 302 valence electrons. The Labute approximate surface area is 330 Å². The lowest BCUT2D eigenvalue weighted by atomic mass is 9.55. The Hall–Kier alpha value is -4.10. The summed E-state index contributed by atoms with van der Waals surface area (Å²) < 4.78 is 32.2. The Morgan fingerprint density at radius 3 is 2.57 bits per heavy atom. The molecule has 0 spiro atoms. The predicted octanol–water partition coefficient (Wildman–Crippen LogP) is 5.81. The van der Waals surface area contributed by atoms with Crippen molar-refractivity contribution < 1.29 is 43.5 Å². The van der Waals surface area contributed by atoms with E-state index in [-0.39, 0.29) is 62.1 Å². The summed E-state index contributed by atoms with van der Waals surface area (Å²) in [5.41, 5.74) is 3.77. The molecule has 6 aliphatic rings. The molecule has 2 aromatic rings. The van der Waals surface area contributed by atoms with E-state index in [2.05, 4.69) is 23.6 Å². The minimum absolute atomic E-state index is 0.0664. The van der Waals surface area contributed by atoms with Crippen molar-refractivity contribution in [1.29, 1.82) is 0 Å². The first kappa shape index (κ1) is 38.8. The van der Waals surface area contributed by atoms with E-state index in [0.29, 0.717) is 37.5 Å². The van der Waals surface area contributed by atoms with E-state index >= 15 is 0 Å². The molecule has 0 bridgehead atoms. The molecule has 8 rings (SSSR count). The molecular weight excluding hydrogens is 714 g/mol. The van der Waals surface area contributed by atoms with Crippen molar-refractivity contribution in [3.05, 3.63) is 71.8 Å². The van der Waals surface area contributed by atoms with Gasteiger partial charge in [-0.1, -0.05) is 36.2 Å². The second-order valence-corrected chi connectivity index (χ2v) is 16.1. The molecule has 3 fully saturated rings. The first-order chi connectivity index (χ1) is 27.5. The molecule has 3 heterocycles. The maximum Gasteiger partial charge on any atom is 0.239 e. The van der Waals surface area contributed by atoms with Crippen LogP contribution in [0.1, 0.15) is 74.8 Å². The number of oxime groups is 1. The Kier molecular flexibility index (Phi) is 11.9. The van der Waals surface area contributed by atoms with Crippen molar-refractivity contribution in [2.24, 2.45) is 28.8 Å². The van der Waals surface area contributed by atoms with Crippen LogP contribution in [0.4, 0.5) is 0 Å². The number of hydrogen-bond donors (Lipinski definition) is 2. The number of nitrogens with zero attached hydrogens (tertiary/aromatic N) is 3. The number of aliphatic hydroxyl groups excluding tert-OH is 2. The van der Waals surface area contributed by atoms with Crippen molar-refractivity contribution in [1.82, 2.24) is 9.80 Å². The first-order valence-corrected chi connectivity index (χ1v) is 20.6. The summed E-state index contributed by atoms with van der Waals surface area (Å²) in [5.74, 6) is 1.37. The largest absolute Gasteiger partial charge is 0.492 e. The van der Waals surface area contributed by atoms with Gasteiger partial charge < -0.3 is 43.6 Å². The number of fused-ring (bicyclic) bond motifs is 3. The highest BCUT2D eigenvalue weighted by molar-refractivity contribution is 6.03. The summed E-state index contributed by atoms with van der Waals surface area (Å²) in [7, 11) is 1.57. The molecule has 56 heavy (non-hydrogen) atoms. The summed E-state index contributed by atoms with van der Waals surface area (Å²) in [6, 6.07) is 11.4. The molecule has 0 aromatic heterocycles. The Morgan fingerprint density at radius 2 is 1.82 bits per heavy atom. The molecule has 12 heteroatoms. The molecule has 0 unspecified atom stereocenters. The number of benzene rings is 2. The van der Waals surface area contributed by atoms with E-state index < -0.39 is 11.8 Å². The smallest absolute Gasteiger partial charge is 0.239 e. The quantitative estimate of drug-likeness (QED) is 0.0736. The number of carbonyl (C=O) groups excluding carboxylic acids is 1. The van der Waals surface area contributed by atoms with Crippen LogP contribution in [0.3, 0.4) is 0 Å². The van der Waals surface area contributed by atoms with E-state index in [1.807, 2.05) is 35.2 Å². The van der Waals surface area contributed by atoms with Gasteiger partial charge in [0.2, 0.25) is 18.5 Å². The van der Waals surface area contributed by atoms with Crippen LogP contribution in [0, 0.1) is 23.7 Å². The number of amides is 1. The second kappa shape index (κ2) is 17.2. The normalized spacial score (nSPS) is 27.8. The molecule has 1 saturated heterocycles. The fourth-order valence-electron chi connectivity index (χ4n) is 9.58. The van der Waals surface area contributed by atoms with E-state index in [4.69, 9.17) is 33.7 Å². The number of allylic oxidation sites excluding steroid dienone is 1. The van der Waals surface area contributed by atoms with Crippen LogP contribution < -0.4 is 18.9 Å². The summed E-state index contributed by atoms with van der Waals surface area (Å²) >= 11 is 0. The molecule has 3 aliphatic carbocycles. The SMILES string of the molecule is C=CCO[C@@]12Oc3ccc(OCCN4CC4)cc3[C@H]3[C@H](CCCCO)[C@@H](CCCCO)C=C(C(=NOC)C[C@@H]1N(Cc1ccc4c(c1)OCO4)C(=O)C1CC1)[C@H]32. The topological polar surface area (TPSA) is 132 Å². The van der Waals surface area contributed by atoms with Gasteiger partial charge in [-0.15, -0.1) is 6.58 Å². The molecule has 6 atom stereocenters. The summed E-state index contributed by atoms with van der Waals surface area (Å²) in [6.07, 6.45) is 11.1. The zero-order valence-corrected chi connectivity index (χ0v) is 32.6. The maximum atomic E-state index is 14.7. The van der Waals surface area contributed by atoms with E-state index in [1.165, 1.54) is 0 Å². The highest BCUT2D eigenvalue weighted by Gasteiger charge is 2.66. The van der Waals surface area contributed by atoms with Gasteiger partial charge in [-0.2, -0.15) is 0 Å². The van der Waals surface area contributed by atoms with Gasteiger partial charge in [0.05, 0.1) is 18.2 Å². The third-order valence-electron chi connectivity index (χ3n) is 12.4. The van der Waals surface area contributed by atoms with Gasteiger partial charge in [-0.05, 0) is 91.8 Å². The first-order valence-electron chi connectivity index (χ1n) is 20.6. The average Bonchev–Trinajstić information content (AvgIpc) is 4.16. The number of aliphatic hydroxyl groups is 2. The van der Waals surface area contributed by atoms with Gasteiger partial charge in [0.25, 0.3) is 0 Å². The number of ether oxygens (including phenoxy) is 5.